The second-order valence-corrected chi connectivity index (χ2v) is 8.07. The Kier molecular flexibility index (Phi) is 6.48. The summed E-state index contributed by atoms with van der Waals surface area (Å²) in [4.78, 5) is 27.4. The molecule has 3 rings (SSSR count). The number of hydrogen-bond donors (Lipinski definition) is 1. The van der Waals surface area contributed by atoms with Crippen LogP contribution in [0.5, 0.6) is 0 Å². The van der Waals surface area contributed by atoms with Gasteiger partial charge in [-0.1, -0.05) is 24.8 Å². The van der Waals surface area contributed by atoms with Gasteiger partial charge in [-0.05, 0) is 56.1 Å². The average Bonchev–Trinajstić information content (AvgIpc) is 2.94. The first-order valence-corrected chi connectivity index (χ1v) is 10.1. The zero-order chi connectivity index (χ0) is 17.6. The van der Waals surface area contributed by atoms with E-state index in [9.17, 15) is 9.59 Å². The van der Waals surface area contributed by atoms with Gasteiger partial charge in [-0.15, -0.1) is 0 Å². The maximum atomic E-state index is 11.7. The molecule has 1 aliphatic carbocycles. The molecule has 136 valence electrons. The molecule has 2 heterocycles. The molecule has 0 aromatic carbocycles. The van der Waals surface area contributed by atoms with Crippen LogP contribution in [0.1, 0.15) is 50.3 Å². The number of nitrogens with one attached hydrogen (secondary N) is 1. The van der Waals surface area contributed by atoms with Crippen molar-refractivity contribution in [3.8, 4) is 0 Å². The summed E-state index contributed by atoms with van der Waals surface area (Å²) in [6.45, 7) is 2.84. The van der Waals surface area contributed by atoms with Gasteiger partial charge < -0.3 is 4.74 Å². The molecule has 0 unspecified atom stereocenters. The maximum Gasteiger partial charge on any atom is 0.286 e. The highest BCUT2D eigenvalue weighted by Gasteiger charge is 2.34. The van der Waals surface area contributed by atoms with Crippen molar-refractivity contribution in [3.05, 3.63) is 29.6 Å². The number of ether oxygens (including phenoxy) is 1. The van der Waals surface area contributed by atoms with Gasteiger partial charge in [0.15, 0.2) is 0 Å². The van der Waals surface area contributed by atoms with E-state index in [-0.39, 0.29) is 16.4 Å². The van der Waals surface area contributed by atoms with Crippen LogP contribution >= 0.6 is 11.8 Å². The summed E-state index contributed by atoms with van der Waals surface area (Å²) in [5.74, 6) is 0.409. The third-order valence-electron chi connectivity index (χ3n) is 5.11. The number of amides is 2. The van der Waals surface area contributed by atoms with E-state index in [4.69, 9.17) is 4.74 Å². The van der Waals surface area contributed by atoms with E-state index in [2.05, 4.69) is 29.4 Å². The largest absolute Gasteiger partial charge is 0.378 e. The lowest BCUT2D eigenvalue weighted by molar-refractivity contribution is -0.119. The number of thioether (sulfide) groups is 1. The molecule has 1 aromatic rings. The maximum absolute atomic E-state index is 11.7. The molecular formula is C19H26N2O3S. The normalized spacial score (nSPS) is 26.7. The standard InChI is InChI=1S/C19H26N2O3S/c1-2-13-3-6-15(20-12-13)9-10-24-16-7-4-14(5-8-16)11-17-18(22)21-19(23)25-17/h3,6,12,14,16-17H,2,4-5,7-11H2,1H3,(H,21,22,23)/t14?,16?,17-/m1/s1. The van der Waals surface area contributed by atoms with Crippen LogP contribution in [0.2, 0.25) is 0 Å². The van der Waals surface area contributed by atoms with Crippen molar-refractivity contribution in [2.45, 2.75) is 63.2 Å². The minimum Gasteiger partial charge on any atom is -0.378 e. The molecule has 1 N–H and O–H groups in total. The van der Waals surface area contributed by atoms with Crippen LogP contribution in [0.4, 0.5) is 4.79 Å². The number of aromatic nitrogens is 1. The summed E-state index contributed by atoms with van der Waals surface area (Å²) in [5, 5.41) is 1.98. The van der Waals surface area contributed by atoms with Crippen molar-refractivity contribution in [3.63, 3.8) is 0 Å². The molecule has 2 amide bonds. The number of rotatable bonds is 7. The summed E-state index contributed by atoms with van der Waals surface area (Å²) in [6, 6.07) is 4.22. The van der Waals surface area contributed by atoms with E-state index in [0.717, 1.165) is 62.4 Å². The third-order valence-corrected chi connectivity index (χ3v) is 6.12. The first kappa shape index (κ1) is 18.4. The van der Waals surface area contributed by atoms with Crippen LogP contribution in [0.25, 0.3) is 0 Å². The average molecular weight is 362 g/mol. The first-order valence-electron chi connectivity index (χ1n) is 9.21. The lowest BCUT2D eigenvalue weighted by Gasteiger charge is -2.29. The van der Waals surface area contributed by atoms with Crippen LogP contribution in [-0.4, -0.2) is 34.1 Å². The predicted molar refractivity (Wildman–Crippen MR) is 98.6 cm³/mol. The molecule has 1 aromatic heterocycles. The Morgan fingerprint density at radius 1 is 1.24 bits per heavy atom. The number of imide groups is 1. The third kappa shape index (κ3) is 5.28. The zero-order valence-electron chi connectivity index (χ0n) is 14.7. The molecule has 5 nitrogen and oxygen atoms in total. The Bertz CT molecular complexity index is 597. The van der Waals surface area contributed by atoms with Crippen LogP contribution in [0, 0.1) is 5.92 Å². The van der Waals surface area contributed by atoms with Gasteiger partial charge in [-0.25, -0.2) is 0 Å². The van der Waals surface area contributed by atoms with Gasteiger partial charge in [0.1, 0.15) is 0 Å². The fourth-order valence-corrected chi connectivity index (χ4v) is 4.48. The fraction of sp³-hybridized carbons (Fsp3) is 0.632. The second kappa shape index (κ2) is 8.81. The van der Waals surface area contributed by atoms with Crippen molar-refractivity contribution in [1.82, 2.24) is 10.3 Å². The molecule has 1 saturated heterocycles. The van der Waals surface area contributed by atoms with Crippen molar-refractivity contribution < 1.29 is 14.3 Å². The van der Waals surface area contributed by atoms with E-state index in [1.165, 1.54) is 5.56 Å². The Balaban J connectivity index is 1.33. The molecule has 6 heteroatoms. The lowest BCUT2D eigenvalue weighted by Crippen LogP contribution is -2.28. The molecule has 1 saturated carbocycles. The van der Waals surface area contributed by atoms with E-state index in [0.29, 0.717) is 18.6 Å². The lowest BCUT2D eigenvalue weighted by atomic mass is 9.84. The highest BCUT2D eigenvalue weighted by Crippen LogP contribution is 2.34. The van der Waals surface area contributed by atoms with Crippen molar-refractivity contribution in [2.24, 2.45) is 5.92 Å². The van der Waals surface area contributed by atoms with E-state index in [1.54, 1.807) is 0 Å². The number of hydrogen-bond acceptors (Lipinski definition) is 5. The molecule has 1 atom stereocenters. The molecule has 0 spiro atoms. The van der Waals surface area contributed by atoms with Gasteiger partial charge in [0.25, 0.3) is 5.24 Å². The van der Waals surface area contributed by atoms with Crippen LogP contribution in [0.15, 0.2) is 18.3 Å². The Hall–Kier alpha value is -1.40. The number of nitrogens with zero attached hydrogens (tertiary/aromatic N) is 1. The number of carbonyl (C=O) groups excluding carboxylic acids is 2. The summed E-state index contributed by atoms with van der Waals surface area (Å²) >= 11 is 1.14. The fourth-order valence-electron chi connectivity index (χ4n) is 3.53. The van der Waals surface area contributed by atoms with Gasteiger partial charge in [0.2, 0.25) is 5.91 Å². The molecule has 25 heavy (non-hydrogen) atoms. The monoisotopic (exact) mass is 362 g/mol. The summed E-state index contributed by atoms with van der Waals surface area (Å²) in [6.07, 6.45) is 9.18. The van der Waals surface area contributed by atoms with E-state index >= 15 is 0 Å². The highest BCUT2D eigenvalue weighted by molar-refractivity contribution is 8.15. The summed E-state index contributed by atoms with van der Waals surface area (Å²) in [5.41, 5.74) is 2.35. The topological polar surface area (TPSA) is 68.3 Å². The van der Waals surface area contributed by atoms with E-state index < -0.39 is 0 Å². The minimum atomic E-state index is -0.201. The molecule has 1 aliphatic heterocycles. The molecule has 2 aliphatic rings. The molecule has 2 fully saturated rings. The van der Waals surface area contributed by atoms with Gasteiger partial charge >= 0.3 is 0 Å². The minimum absolute atomic E-state index is 0.116. The number of pyridine rings is 1. The van der Waals surface area contributed by atoms with Gasteiger partial charge in [-0.2, -0.15) is 0 Å². The smallest absolute Gasteiger partial charge is 0.286 e. The van der Waals surface area contributed by atoms with Gasteiger partial charge in [-0.3, -0.25) is 19.9 Å². The predicted octanol–water partition coefficient (Wildman–Crippen LogP) is 3.50. The number of carbonyl (C=O) groups is 2. The SMILES string of the molecule is CCc1ccc(CCOC2CCC(C[C@H]3SC(=O)NC3=O)CC2)nc1. The highest BCUT2D eigenvalue weighted by atomic mass is 32.2. The number of aryl methyl sites for hydroxylation is 1. The van der Waals surface area contributed by atoms with Crippen LogP contribution in [0.3, 0.4) is 0 Å². The molecule has 0 radical (unpaired) electrons. The molecule has 0 bridgehead atoms. The first-order chi connectivity index (χ1) is 12.1. The van der Waals surface area contributed by atoms with E-state index in [1.807, 2.05) is 6.20 Å². The van der Waals surface area contributed by atoms with Gasteiger partial charge in [0.05, 0.1) is 18.0 Å². The quantitative estimate of drug-likeness (QED) is 0.804. The Morgan fingerprint density at radius 3 is 2.64 bits per heavy atom. The van der Waals surface area contributed by atoms with Crippen molar-refractivity contribution in [1.29, 1.82) is 0 Å². The molecular weight excluding hydrogens is 336 g/mol. The summed E-state index contributed by atoms with van der Waals surface area (Å²) in [7, 11) is 0. The van der Waals surface area contributed by atoms with Gasteiger partial charge in [0, 0.05) is 18.3 Å². The Labute approximate surface area is 153 Å². The second-order valence-electron chi connectivity index (χ2n) is 6.89. The van der Waals surface area contributed by atoms with Crippen molar-refractivity contribution in [2.75, 3.05) is 6.61 Å². The van der Waals surface area contributed by atoms with Crippen molar-refractivity contribution >= 4 is 22.9 Å². The van der Waals surface area contributed by atoms with Crippen LogP contribution in [-0.2, 0) is 22.4 Å². The van der Waals surface area contributed by atoms with Crippen LogP contribution < -0.4 is 5.32 Å². The Morgan fingerprint density at radius 2 is 2.04 bits per heavy atom. The summed E-state index contributed by atoms with van der Waals surface area (Å²) < 4.78 is 6.02. The zero-order valence-corrected chi connectivity index (χ0v) is 15.5.